The third-order valence-corrected chi connectivity index (χ3v) is 3.14. The molecule has 1 saturated heterocycles. The molecule has 16 heavy (non-hydrogen) atoms. The van der Waals surface area contributed by atoms with Gasteiger partial charge in [0.05, 0.1) is 6.61 Å². The highest BCUT2D eigenvalue weighted by molar-refractivity contribution is 5.75. The molecule has 1 heterocycles. The Morgan fingerprint density at radius 3 is 2.56 bits per heavy atom. The number of nitrogens with zero attached hydrogens (tertiary/aromatic N) is 1. The Hall–Kier alpha value is -0.610. The molecule has 1 unspecified atom stereocenters. The first-order chi connectivity index (χ1) is 7.69. The monoisotopic (exact) mass is 228 g/mol. The predicted octanol–water partition coefficient (Wildman–Crippen LogP) is 1.14. The van der Waals surface area contributed by atoms with Crippen molar-refractivity contribution in [3.05, 3.63) is 0 Å². The van der Waals surface area contributed by atoms with Crippen LogP contribution in [-0.4, -0.2) is 42.6 Å². The molecule has 1 aliphatic heterocycles. The quantitative estimate of drug-likeness (QED) is 0.717. The number of nitrogens with two attached hydrogens (primary N) is 1. The minimum atomic E-state index is -0.0696. The zero-order chi connectivity index (χ0) is 12.0. The summed E-state index contributed by atoms with van der Waals surface area (Å²) in [7, 11) is 0. The summed E-state index contributed by atoms with van der Waals surface area (Å²) in [5.74, 6) is -0.0696. The molecule has 1 fully saturated rings. The normalized spacial score (nSPS) is 20.7. The Bertz CT molecular complexity index is 213. The fraction of sp³-hybridized carbons (Fsp3) is 0.917. The van der Waals surface area contributed by atoms with E-state index in [-0.39, 0.29) is 12.0 Å². The van der Waals surface area contributed by atoms with Gasteiger partial charge in [-0.25, -0.2) is 0 Å². The van der Waals surface area contributed by atoms with E-state index < -0.39 is 0 Å². The van der Waals surface area contributed by atoms with E-state index in [2.05, 4.69) is 11.8 Å². The number of likely N-dealkylation sites (tertiary alicyclic amines) is 1. The van der Waals surface area contributed by atoms with Crippen LogP contribution in [0.5, 0.6) is 0 Å². The molecule has 2 N–H and O–H groups in total. The second-order valence-electron chi connectivity index (χ2n) is 4.43. The second-order valence-corrected chi connectivity index (χ2v) is 4.43. The van der Waals surface area contributed by atoms with Crippen LogP contribution in [0.2, 0.25) is 0 Å². The number of carbonyl (C=O) groups is 1. The first-order valence-electron chi connectivity index (χ1n) is 6.35. The lowest BCUT2D eigenvalue weighted by Crippen LogP contribution is -2.48. The summed E-state index contributed by atoms with van der Waals surface area (Å²) < 4.78 is 5.12. The maximum absolute atomic E-state index is 11.8. The molecule has 1 atom stereocenters. The Morgan fingerprint density at radius 1 is 1.44 bits per heavy atom. The molecular weight excluding hydrogens is 204 g/mol. The molecule has 0 aromatic rings. The standard InChI is InChI=1S/C12H24N2O2/c1-3-5-11(12(15)16-4-2)14-8-6-10(13)7-9-14/h10-11H,3-9,13H2,1-2H3. The molecule has 0 spiro atoms. The van der Waals surface area contributed by atoms with Crippen LogP contribution in [0.25, 0.3) is 0 Å². The van der Waals surface area contributed by atoms with Crippen molar-refractivity contribution in [1.29, 1.82) is 0 Å². The molecule has 1 aliphatic rings. The molecule has 94 valence electrons. The van der Waals surface area contributed by atoms with E-state index in [9.17, 15) is 4.79 Å². The molecule has 0 amide bonds. The number of esters is 1. The van der Waals surface area contributed by atoms with Crippen molar-refractivity contribution in [3.8, 4) is 0 Å². The SMILES string of the molecule is CCCC(C(=O)OCC)N1CCC(N)CC1. The minimum absolute atomic E-state index is 0.0579. The van der Waals surface area contributed by atoms with Crippen LogP contribution in [0.4, 0.5) is 0 Å². The van der Waals surface area contributed by atoms with Crippen molar-refractivity contribution in [1.82, 2.24) is 4.90 Å². The third kappa shape index (κ3) is 3.76. The van der Waals surface area contributed by atoms with E-state index in [0.717, 1.165) is 38.8 Å². The van der Waals surface area contributed by atoms with Crippen molar-refractivity contribution < 1.29 is 9.53 Å². The van der Waals surface area contributed by atoms with E-state index in [1.54, 1.807) is 0 Å². The highest BCUT2D eigenvalue weighted by atomic mass is 16.5. The van der Waals surface area contributed by atoms with Gasteiger partial charge in [0.1, 0.15) is 6.04 Å². The highest BCUT2D eigenvalue weighted by Crippen LogP contribution is 2.16. The van der Waals surface area contributed by atoms with Gasteiger partial charge in [-0.2, -0.15) is 0 Å². The first-order valence-corrected chi connectivity index (χ1v) is 6.35. The van der Waals surface area contributed by atoms with Crippen molar-refractivity contribution in [2.24, 2.45) is 5.73 Å². The third-order valence-electron chi connectivity index (χ3n) is 3.14. The molecule has 0 radical (unpaired) electrons. The maximum atomic E-state index is 11.8. The van der Waals surface area contributed by atoms with Crippen LogP contribution >= 0.6 is 0 Å². The first kappa shape index (κ1) is 13.5. The van der Waals surface area contributed by atoms with Gasteiger partial charge >= 0.3 is 5.97 Å². The number of hydrogen-bond donors (Lipinski definition) is 1. The summed E-state index contributed by atoms with van der Waals surface area (Å²) in [5, 5.41) is 0. The van der Waals surface area contributed by atoms with Crippen molar-refractivity contribution in [2.75, 3.05) is 19.7 Å². The van der Waals surface area contributed by atoms with Crippen LogP contribution < -0.4 is 5.73 Å². The zero-order valence-corrected chi connectivity index (χ0v) is 10.4. The number of hydrogen-bond acceptors (Lipinski definition) is 4. The predicted molar refractivity (Wildman–Crippen MR) is 64.1 cm³/mol. The van der Waals surface area contributed by atoms with E-state index in [4.69, 9.17) is 10.5 Å². The number of piperidine rings is 1. The smallest absolute Gasteiger partial charge is 0.323 e. The van der Waals surface area contributed by atoms with Gasteiger partial charge in [0.2, 0.25) is 0 Å². The van der Waals surface area contributed by atoms with E-state index in [0.29, 0.717) is 12.6 Å². The van der Waals surface area contributed by atoms with E-state index in [1.165, 1.54) is 0 Å². The van der Waals surface area contributed by atoms with Crippen molar-refractivity contribution in [2.45, 2.75) is 51.6 Å². The molecule has 0 aliphatic carbocycles. The van der Waals surface area contributed by atoms with Gasteiger partial charge in [0, 0.05) is 19.1 Å². The Labute approximate surface area is 98.1 Å². The second kappa shape index (κ2) is 6.86. The van der Waals surface area contributed by atoms with E-state index >= 15 is 0 Å². The Morgan fingerprint density at radius 2 is 2.06 bits per heavy atom. The van der Waals surface area contributed by atoms with Gasteiger partial charge in [0.25, 0.3) is 0 Å². The van der Waals surface area contributed by atoms with Gasteiger partial charge in [-0.15, -0.1) is 0 Å². The fourth-order valence-corrected chi connectivity index (χ4v) is 2.19. The van der Waals surface area contributed by atoms with Crippen LogP contribution in [0.15, 0.2) is 0 Å². The average molecular weight is 228 g/mol. The Kier molecular flexibility index (Phi) is 5.77. The summed E-state index contributed by atoms with van der Waals surface area (Å²) in [6.45, 7) is 6.26. The number of rotatable bonds is 5. The molecule has 0 saturated carbocycles. The van der Waals surface area contributed by atoms with Crippen LogP contribution in [0.3, 0.4) is 0 Å². The summed E-state index contributed by atoms with van der Waals surface area (Å²) in [4.78, 5) is 14.0. The van der Waals surface area contributed by atoms with Gasteiger partial charge < -0.3 is 10.5 Å². The minimum Gasteiger partial charge on any atom is -0.465 e. The van der Waals surface area contributed by atoms with Crippen molar-refractivity contribution in [3.63, 3.8) is 0 Å². The summed E-state index contributed by atoms with van der Waals surface area (Å²) in [5.41, 5.74) is 5.86. The van der Waals surface area contributed by atoms with Gasteiger partial charge in [-0.3, -0.25) is 9.69 Å². The van der Waals surface area contributed by atoms with Gasteiger partial charge in [0.15, 0.2) is 0 Å². The summed E-state index contributed by atoms with van der Waals surface area (Å²) in [6.07, 6.45) is 3.86. The Balaban J connectivity index is 2.51. The van der Waals surface area contributed by atoms with Crippen LogP contribution in [-0.2, 0) is 9.53 Å². The molecule has 4 nitrogen and oxygen atoms in total. The highest BCUT2D eigenvalue weighted by Gasteiger charge is 2.28. The van der Waals surface area contributed by atoms with Gasteiger partial charge in [-0.05, 0) is 26.2 Å². The maximum Gasteiger partial charge on any atom is 0.323 e. The lowest BCUT2D eigenvalue weighted by molar-refractivity contribution is -0.150. The summed E-state index contributed by atoms with van der Waals surface area (Å²) in [6, 6.07) is 0.248. The van der Waals surface area contributed by atoms with E-state index in [1.807, 2.05) is 6.92 Å². The zero-order valence-electron chi connectivity index (χ0n) is 10.4. The molecule has 4 heteroatoms. The van der Waals surface area contributed by atoms with Crippen molar-refractivity contribution >= 4 is 5.97 Å². The lowest BCUT2D eigenvalue weighted by Gasteiger charge is -2.35. The van der Waals surface area contributed by atoms with Crippen LogP contribution in [0.1, 0.15) is 39.5 Å². The molecule has 0 aromatic heterocycles. The summed E-state index contributed by atoms with van der Waals surface area (Å²) >= 11 is 0. The number of carbonyl (C=O) groups excluding carboxylic acids is 1. The molecule has 0 aromatic carbocycles. The lowest BCUT2D eigenvalue weighted by atomic mass is 10.0. The average Bonchev–Trinajstić information content (AvgIpc) is 2.28. The topological polar surface area (TPSA) is 55.6 Å². The fourth-order valence-electron chi connectivity index (χ4n) is 2.19. The largest absolute Gasteiger partial charge is 0.465 e. The molecular formula is C12H24N2O2. The van der Waals surface area contributed by atoms with Gasteiger partial charge in [-0.1, -0.05) is 13.3 Å². The molecule has 0 bridgehead atoms. The van der Waals surface area contributed by atoms with Crippen LogP contribution in [0, 0.1) is 0 Å². The number of ether oxygens (including phenoxy) is 1. The molecule has 1 rings (SSSR count).